The van der Waals surface area contributed by atoms with Gasteiger partial charge in [0.05, 0.1) is 6.61 Å². The molecule has 90 valence electrons. The van der Waals surface area contributed by atoms with Gasteiger partial charge in [-0.3, -0.25) is 9.88 Å². The second kappa shape index (κ2) is 3.97. The third kappa shape index (κ3) is 1.75. The van der Waals surface area contributed by atoms with Crippen molar-refractivity contribution in [3.05, 3.63) is 18.0 Å². The summed E-state index contributed by atoms with van der Waals surface area (Å²) in [5, 5.41) is 9.14. The number of fused-ring (bicyclic) bond motifs is 1. The van der Waals surface area contributed by atoms with E-state index in [9.17, 15) is 0 Å². The fourth-order valence-corrected chi connectivity index (χ4v) is 2.21. The van der Waals surface area contributed by atoms with E-state index in [1.165, 1.54) is 0 Å². The summed E-state index contributed by atoms with van der Waals surface area (Å²) in [6.45, 7) is 2.01. The molecule has 3 aliphatic heterocycles. The number of aliphatic hydroxyl groups is 1. The molecule has 1 fully saturated rings. The minimum absolute atomic E-state index is 0.218. The minimum Gasteiger partial charge on any atom is -0.395 e. The summed E-state index contributed by atoms with van der Waals surface area (Å²) in [6.07, 6.45) is 4.66. The molecule has 0 aromatic heterocycles. The zero-order valence-corrected chi connectivity index (χ0v) is 9.43. The first-order valence-corrected chi connectivity index (χ1v) is 5.71. The third-order valence-electron chi connectivity index (χ3n) is 3.35. The monoisotopic (exact) mass is 233 g/mol. The van der Waals surface area contributed by atoms with Crippen molar-refractivity contribution in [3.8, 4) is 11.4 Å². The number of hydrogen-bond acceptors (Lipinski definition) is 5. The van der Waals surface area contributed by atoms with Crippen molar-refractivity contribution >= 4 is 5.95 Å². The van der Waals surface area contributed by atoms with E-state index in [1.54, 1.807) is 6.20 Å². The molecule has 0 amide bonds. The van der Waals surface area contributed by atoms with Gasteiger partial charge in [0.15, 0.2) is 5.95 Å². The van der Waals surface area contributed by atoms with Crippen LogP contribution in [0, 0.1) is 0 Å². The smallest absolute Gasteiger partial charge is 0.198 e. The number of nitrogens with two attached hydrogens (primary N) is 1. The molecule has 3 aliphatic rings. The Balaban J connectivity index is 1.84. The van der Waals surface area contributed by atoms with Gasteiger partial charge in [-0.15, -0.1) is 0 Å². The lowest BCUT2D eigenvalue weighted by atomic mass is 10.0. The normalized spacial score (nSPS) is 20.6. The number of aromatic nitrogens is 3. The molecule has 6 heteroatoms. The van der Waals surface area contributed by atoms with Gasteiger partial charge in [0.2, 0.25) is 0 Å². The highest BCUT2D eigenvalue weighted by molar-refractivity contribution is 5.61. The predicted octanol–water partition coefficient (Wildman–Crippen LogP) is 0.0583. The number of nitrogen functional groups attached to an aromatic ring is 1. The largest absolute Gasteiger partial charge is 0.395 e. The van der Waals surface area contributed by atoms with Crippen LogP contribution in [0.3, 0.4) is 0 Å². The molecule has 3 rings (SSSR count). The molecule has 0 aromatic rings. The number of aliphatic hydroxyl groups excluding tert-OH is 1. The summed E-state index contributed by atoms with van der Waals surface area (Å²) in [5.74, 6) is 0.397. The Morgan fingerprint density at radius 1 is 1.59 bits per heavy atom. The lowest BCUT2D eigenvalue weighted by molar-refractivity contribution is 0.0357. The highest BCUT2D eigenvalue weighted by atomic mass is 16.3. The fourth-order valence-electron chi connectivity index (χ4n) is 2.21. The summed E-state index contributed by atoms with van der Waals surface area (Å²) >= 11 is 0. The number of rotatable bonds is 3. The Hall–Kier alpha value is -1.66. The van der Waals surface area contributed by atoms with Crippen LogP contribution in [0.4, 0.5) is 5.95 Å². The molecule has 0 unspecified atom stereocenters. The Bertz CT molecular complexity index is 495. The molecule has 0 aromatic carbocycles. The van der Waals surface area contributed by atoms with Crippen molar-refractivity contribution in [3.63, 3.8) is 0 Å². The zero-order chi connectivity index (χ0) is 11.8. The van der Waals surface area contributed by atoms with Crippen molar-refractivity contribution in [1.29, 1.82) is 0 Å². The van der Waals surface area contributed by atoms with Gasteiger partial charge >= 0.3 is 0 Å². The quantitative estimate of drug-likeness (QED) is 0.697. The third-order valence-corrected chi connectivity index (χ3v) is 3.35. The topological polar surface area (TPSA) is 91.1 Å². The Labute approximate surface area is 98.8 Å². The molecule has 0 saturated carbocycles. The molecule has 17 heavy (non-hydrogen) atoms. The van der Waals surface area contributed by atoms with Crippen molar-refractivity contribution in [2.24, 2.45) is 0 Å². The van der Waals surface area contributed by atoms with E-state index in [0.29, 0.717) is 5.95 Å². The van der Waals surface area contributed by atoms with Crippen LogP contribution in [-0.4, -0.2) is 44.2 Å². The molecule has 0 bridgehead atoms. The van der Waals surface area contributed by atoms with E-state index >= 15 is 0 Å². The molecule has 1 saturated heterocycles. The van der Waals surface area contributed by atoms with E-state index in [2.05, 4.69) is 19.9 Å². The van der Waals surface area contributed by atoms with E-state index in [0.717, 1.165) is 36.5 Å². The van der Waals surface area contributed by atoms with E-state index in [-0.39, 0.29) is 12.6 Å². The summed E-state index contributed by atoms with van der Waals surface area (Å²) in [6, 6.07) is 0.285. The lowest BCUT2D eigenvalue weighted by Crippen LogP contribution is -2.48. The lowest BCUT2D eigenvalue weighted by Gasteiger charge is -2.39. The maximum atomic E-state index is 9.14. The molecule has 6 nitrogen and oxygen atoms in total. The first-order chi connectivity index (χ1) is 8.28. The maximum absolute atomic E-state index is 9.14. The Kier molecular flexibility index (Phi) is 2.45. The predicted molar refractivity (Wildman–Crippen MR) is 63.3 cm³/mol. The number of H-pyrrole nitrogens is 1. The molecule has 4 N–H and O–H groups in total. The van der Waals surface area contributed by atoms with Crippen LogP contribution in [0.2, 0.25) is 0 Å². The van der Waals surface area contributed by atoms with Gasteiger partial charge in [0.1, 0.15) is 11.4 Å². The van der Waals surface area contributed by atoms with Crippen LogP contribution < -0.4 is 5.73 Å². The van der Waals surface area contributed by atoms with Gasteiger partial charge in [-0.1, -0.05) is 0 Å². The van der Waals surface area contributed by atoms with E-state index < -0.39 is 0 Å². The molecule has 0 radical (unpaired) electrons. The molecule has 3 heterocycles. The average Bonchev–Trinajstić information content (AvgIpc) is 2.67. The number of likely N-dealkylation sites (tertiary alicyclic amines) is 1. The first-order valence-electron chi connectivity index (χ1n) is 5.71. The van der Waals surface area contributed by atoms with Gasteiger partial charge in [0.25, 0.3) is 0 Å². The average molecular weight is 233 g/mol. The minimum atomic E-state index is 0.218. The van der Waals surface area contributed by atoms with Crippen LogP contribution in [0.1, 0.15) is 12.0 Å². The van der Waals surface area contributed by atoms with Crippen molar-refractivity contribution in [2.75, 3.05) is 18.9 Å². The summed E-state index contributed by atoms with van der Waals surface area (Å²) < 4.78 is 0. The van der Waals surface area contributed by atoms with Gasteiger partial charge < -0.3 is 15.8 Å². The summed E-state index contributed by atoms with van der Waals surface area (Å²) in [5.41, 5.74) is 8.38. The SMILES string of the molecule is Nc1nc2c(CN3CC[C@@H]3CO)cnc-2c[nH]1. The second-order valence-corrected chi connectivity index (χ2v) is 4.40. The second-order valence-electron chi connectivity index (χ2n) is 4.40. The van der Waals surface area contributed by atoms with Crippen molar-refractivity contribution < 1.29 is 5.11 Å². The molecule has 0 aliphatic carbocycles. The van der Waals surface area contributed by atoms with Crippen LogP contribution in [-0.2, 0) is 6.54 Å². The van der Waals surface area contributed by atoms with Crippen LogP contribution in [0.5, 0.6) is 0 Å². The summed E-state index contributed by atoms with van der Waals surface area (Å²) in [7, 11) is 0. The van der Waals surface area contributed by atoms with Gasteiger partial charge in [-0.25, -0.2) is 4.98 Å². The van der Waals surface area contributed by atoms with E-state index in [4.69, 9.17) is 10.8 Å². The van der Waals surface area contributed by atoms with Crippen molar-refractivity contribution in [1.82, 2.24) is 19.9 Å². The van der Waals surface area contributed by atoms with Crippen LogP contribution in [0.15, 0.2) is 12.4 Å². The van der Waals surface area contributed by atoms with E-state index in [1.807, 2.05) is 6.20 Å². The zero-order valence-electron chi connectivity index (χ0n) is 9.43. The number of anilines is 1. The number of nitrogens with zero attached hydrogens (tertiary/aromatic N) is 3. The molecular weight excluding hydrogens is 218 g/mol. The van der Waals surface area contributed by atoms with Gasteiger partial charge in [0, 0.05) is 37.1 Å². The van der Waals surface area contributed by atoms with Crippen LogP contribution in [0.25, 0.3) is 11.4 Å². The summed E-state index contributed by atoms with van der Waals surface area (Å²) in [4.78, 5) is 13.6. The van der Waals surface area contributed by atoms with Crippen molar-refractivity contribution in [2.45, 2.75) is 19.0 Å². The number of hydrogen-bond donors (Lipinski definition) is 3. The molecular formula is C11H15N5O. The van der Waals surface area contributed by atoms with Gasteiger partial charge in [-0.2, -0.15) is 0 Å². The van der Waals surface area contributed by atoms with Crippen LogP contribution >= 0.6 is 0 Å². The Morgan fingerprint density at radius 2 is 2.47 bits per heavy atom. The highest BCUT2D eigenvalue weighted by Crippen LogP contribution is 2.27. The van der Waals surface area contributed by atoms with Gasteiger partial charge in [-0.05, 0) is 6.42 Å². The first kappa shape index (κ1) is 10.5. The standard InChI is InChI=1S/C11H15N5O/c12-11-14-4-9-10(15-11)7(3-13-9)5-16-2-1-8(16)6-17/h3-4,8,17H,1-2,5-6H2,(H3,12,14,15)/t8-/m1/s1. The number of aromatic amines is 1. The fraction of sp³-hybridized carbons (Fsp3) is 0.455. The molecule has 1 atom stereocenters. The highest BCUT2D eigenvalue weighted by Gasteiger charge is 2.28. The molecule has 0 spiro atoms. The Morgan fingerprint density at radius 3 is 3.18 bits per heavy atom. The number of nitrogens with one attached hydrogen (secondary N) is 1. The maximum Gasteiger partial charge on any atom is 0.198 e.